The van der Waals surface area contributed by atoms with E-state index in [-0.39, 0.29) is 24.7 Å². The molecule has 0 aliphatic carbocycles. The van der Waals surface area contributed by atoms with Crippen molar-refractivity contribution in [1.82, 2.24) is 5.32 Å². The van der Waals surface area contributed by atoms with Crippen LogP contribution in [0.2, 0.25) is 0 Å². The van der Waals surface area contributed by atoms with Gasteiger partial charge in [0.2, 0.25) is 11.8 Å². The molecule has 0 aromatic rings. The maximum absolute atomic E-state index is 11.5. The van der Waals surface area contributed by atoms with Crippen molar-refractivity contribution in [2.45, 2.75) is 65.5 Å². The van der Waals surface area contributed by atoms with Gasteiger partial charge in [-0.25, -0.2) is 0 Å². The summed E-state index contributed by atoms with van der Waals surface area (Å²) in [6.45, 7) is 8.95. The Morgan fingerprint density at radius 2 is 1.70 bits per heavy atom. The summed E-state index contributed by atoms with van der Waals surface area (Å²) in [4.78, 5) is 34.5. The Morgan fingerprint density at radius 1 is 1.15 bits per heavy atom. The Bertz CT molecular complexity index is 359. The second-order valence-corrected chi connectivity index (χ2v) is 6.12. The van der Waals surface area contributed by atoms with Crippen molar-refractivity contribution >= 4 is 17.8 Å². The number of imide groups is 1. The third-order valence-electron chi connectivity index (χ3n) is 2.49. The smallest absolute Gasteiger partial charge is 0.306 e. The molecule has 0 aliphatic rings. The van der Waals surface area contributed by atoms with Crippen molar-refractivity contribution < 1.29 is 19.1 Å². The lowest BCUT2D eigenvalue weighted by molar-refractivity contribution is -0.154. The summed E-state index contributed by atoms with van der Waals surface area (Å²) in [7, 11) is 0. The normalized spacial score (nSPS) is 12.9. The van der Waals surface area contributed by atoms with Gasteiger partial charge in [0.15, 0.2) is 0 Å². The van der Waals surface area contributed by atoms with E-state index in [2.05, 4.69) is 5.32 Å². The molecule has 0 unspecified atom stereocenters. The molecular weight excluding hydrogens is 260 g/mol. The van der Waals surface area contributed by atoms with E-state index in [9.17, 15) is 14.4 Å². The molecule has 6 heteroatoms. The average molecular weight is 286 g/mol. The summed E-state index contributed by atoms with van der Waals surface area (Å²) in [5.41, 5.74) is 5.09. The van der Waals surface area contributed by atoms with Gasteiger partial charge in [-0.1, -0.05) is 13.8 Å². The number of hydrogen-bond acceptors (Lipinski definition) is 5. The molecule has 0 heterocycles. The van der Waals surface area contributed by atoms with Crippen LogP contribution in [0.25, 0.3) is 0 Å². The number of ether oxygens (including phenoxy) is 1. The first-order valence-electron chi connectivity index (χ1n) is 6.84. The first kappa shape index (κ1) is 18.6. The van der Waals surface area contributed by atoms with Gasteiger partial charge in [-0.2, -0.15) is 0 Å². The molecule has 20 heavy (non-hydrogen) atoms. The van der Waals surface area contributed by atoms with E-state index in [1.54, 1.807) is 34.6 Å². The number of amides is 2. The lowest BCUT2D eigenvalue weighted by Crippen LogP contribution is -2.46. The molecule has 6 nitrogen and oxygen atoms in total. The zero-order valence-corrected chi connectivity index (χ0v) is 13.0. The highest BCUT2D eigenvalue weighted by Crippen LogP contribution is 2.09. The number of esters is 1. The van der Waals surface area contributed by atoms with Gasteiger partial charge in [0.1, 0.15) is 5.60 Å². The van der Waals surface area contributed by atoms with Gasteiger partial charge in [0.05, 0.1) is 6.04 Å². The predicted octanol–water partition coefficient (Wildman–Crippen LogP) is 1.12. The van der Waals surface area contributed by atoms with Crippen LogP contribution in [-0.4, -0.2) is 29.4 Å². The Hall–Kier alpha value is -1.43. The predicted molar refractivity (Wildman–Crippen MR) is 75.7 cm³/mol. The van der Waals surface area contributed by atoms with Gasteiger partial charge in [-0.05, 0) is 33.1 Å². The monoisotopic (exact) mass is 286 g/mol. The van der Waals surface area contributed by atoms with E-state index in [4.69, 9.17) is 10.5 Å². The van der Waals surface area contributed by atoms with E-state index in [1.165, 1.54) is 0 Å². The molecule has 0 bridgehead atoms. The average Bonchev–Trinajstić information content (AvgIpc) is 2.24. The molecule has 0 radical (unpaired) electrons. The van der Waals surface area contributed by atoms with Gasteiger partial charge in [0.25, 0.3) is 0 Å². The van der Waals surface area contributed by atoms with Crippen LogP contribution >= 0.6 is 0 Å². The SMILES string of the molecule is CC(C)[C@H](N)C(=O)NC(=O)CCCC(=O)OC(C)(C)C. The zero-order valence-electron chi connectivity index (χ0n) is 13.0. The summed E-state index contributed by atoms with van der Waals surface area (Å²) >= 11 is 0. The molecule has 0 aromatic heterocycles. The highest BCUT2D eigenvalue weighted by Gasteiger charge is 2.20. The molecule has 1 atom stereocenters. The van der Waals surface area contributed by atoms with Crippen LogP contribution < -0.4 is 11.1 Å². The third kappa shape index (κ3) is 8.63. The molecule has 0 spiro atoms. The van der Waals surface area contributed by atoms with Crippen molar-refractivity contribution in [1.29, 1.82) is 0 Å². The number of nitrogens with one attached hydrogen (secondary N) is 1. The first-order valence-corrected chi connectivity index (χ1v) is 6.84. The maximum Gasteiger partial charge on any atom is 0.306 e. The van der Waals surface area contributed by atoms with E-state index >= 15 is 0 Å². The minimum absolute atomic E-state index is 0.0374. The van der Waals surface area contributed by atoms with Crippen LogP contribution in [0.5, 0.6) is 0 Å². The highest BCUT2D eigenvalue weighted by molar-refractivity contribution is 5.97. The van der Waals surface area contributed by atoms with Crippen molar-refractivity contribution in [3.63, 3.8) is 0 Å². The van der Waals surface area contributed by atoms with Crippen LogP contribution in [0, 0.1) is 5.92 Å². The van der Waals surface area contributed by atoms with Gasteiger partial charge >= 0.3 is 5.97 Å². The Labute approximate surface area is 120 Å². The molecule has 0 saturated heterocycles. The number of nitrogens with two attached hydrogens (primary N) is 1. The van der Waals surface area contributed by atoms with Gasteiger partial charge in [0, 0.05) is 12.8 Å². The van der Waals surface area contributed by atoms with Crippen molar-refractivity contribution in [2.24, 2.45) is 11.7 Å². The molecule has 0 aromatic carbocycles. The molecule has 0 rings (SSSR count). The van der Waals surface area contributed by atoms with Crippen LogP contribution in [-0.2, 0) is 19.1 Å². The maximum atomic E-state index is 11.5. The minimum Gasteiger partial charge on any atom is -0.460 e. The van der Waals surface area contributed by atoms with Crippen molar-refractivity contribution in [3.8, 4) is 0 Å². The third-order valence-corrected chi connectivity index (χ3v) is 2.49. The Morgan fingerprint density at radius 3 is 2.15 bits per heavy atom. The molecular formula is C14H26N2O4. The van der Waals surface area contributed by atoms with E-state index in [0.29, 0.717) is 6.42 Å². The molecule has 0 fully saturated rings. The second kappa shape index (κ2) is 7.99. The standard InChI is InChI=1S/C14H26N2O4/c1-9(2)12(15)13(19)16-10(17)7-6-8-11(18)20-14(3,4)5/h9,12H,6-8,15H2,1-5H3,(H,16,17,19)/t12-/m0/s1. The van der Waals surface area contributed by atoms with Crippen LogP contribution in [0.4, 0.5) is 0 Å². The summed E-state index contributed by atoms with van der Waals surface area (Å²) in [5, 5.41) is 2.23. The van der Waals surface area contributed by atoms with Crippen molar-refractivity contribution in [2.75, 3.05) is 0 Å². The fourth-order valence-electron chi connectivity index (χ4n) is 1.37. The summed E-state index contributed by atoms with van der Waals surface area (Å²) in [5.74, 6) is -1.29. The quantitative estimate of drug-likeness (QED) is 0.713. The lowest BCUT2D eigenvalue weighted by atomic mass is 10.0. The van der Waals surface area contributed by atoms with E-state index in [1.807, 2.05) is 0 Å². The van der Waals surface area contributed by atoms with Crippen molar-refractivity contribution in [3.05, 3.63) is 0 Å². The topological polar surface area (TPSA) is 98.5 Å². The first-order chi connectivity index (χ1) is 9.03. The largest absolute Gasteiger partial charge is 0.460 e. The molecule has 116 valence electrons. The summed E-state index contributed by atoms with van der Waals surface area (Å²) < 4.78 is 5.11. The minimum atomic E-state index is -0.704. The number of carbonyl (C=O) groups excluding carboxylic acids is 3. The zero-order chi connectivity index (χ0) is 15.9. The molecule has 2 amide bonds. The molecule has 3 N–H and O–H groups in total. The number of hydrogen-bond donors (Lipinski definition) is 2. The fraction of sp³-hybridized carbons (Fsp3) is 0.786. The van der Waals surface area contributed by atoms with Crippen LogP contribution in [0.15, 0.2) is 0 Å². The molecule has 0 saturated carbocycles. The van der Waals surface area contributed by atoms with Crippen LogP contribution in [0.3, 0.4) is 0 Å². The fourth-order valence-corrected chi connectivity index (χ4v) is 1.37. The van der Waals surface area contributed by atoms with E-state index in [0.717, 1.165) is 0 Å². The van der Waals surface area contributed by atoms with E-state index < -0.39 is 23.5 Å². The number of rotatable bonds is 6. The van der Waals surface area contributed by atoms with Gasteiger partial charge in [-0.3, -0.25) is 19.7 Å². The van der Waals surface area contributed by atoms with Gasteiger partial charge < -0.3 is 10.5 Å². The summed E-state index contributed by atoms with van der Waals surface area (Å²) in [6.07, 6.45) is 0.579. The van der Waals surface area contributed by atoms with Crippen LogP contribution in [0.1, 0.15) is 53.9 Å². The molecule has 0 aliphatic heterocycles. The highest BCUT2D eigenvalue weighted by atomic mass is 16.6. The summed E-state index contributed by atoms with van der Waals surface area (Å²) in [6, 6.07) is -0.704. The lowest BCUT2D eigenvalue weighted by Gasteiger charge is -2.19. The Kier molecular flexibility index (Phi) is 7.42. The number of carbonyl (C=O) groups is 3. The second-order valence-electron chi connectivity index (χ2n) is 6.12. The Balaban J connectivity index is 3.96. The van der Waals surface area contributed by atoms with Gasteiger partial charge in [-0.15, -0.1) is 0 Å².